The minimum absolute atomic E-state index is 0.275. The van der Waals surface area contributed by atoms with E-state index in [1.807, 2.05) is 12.3 Å². The van der Waals surface area contributed by atoms with E-state index in [9.17, 15) is 9.59 Å². The van der Waals surface area contributed by atoms with Crippen LogP contribution in [0.2, 0.25) is 0 Å². The zero-order valence-corrected chi connectivity index (χ0v) is 14.9. The van der Waals surface area contributed by atoms with E-state index in [4.69, 9.17) is 4.42 Å². The lowest BCUT2D eigenvalue weighted by Crippen LogP contribution is -2.24. The minimum atomic E-state index is -0.332. The van der Waals surface area contributed by atoms with E-state index in [1.165, 1.54) is 17.4 Å². The molecule has 7 heteroatoms. The topological polar surface area (TPSA) is 84.2 Å². The molecule has 0 aliphatic rings. The first-order valence-corrected chi connectivity index (χ1v) is 8.80. The average Bonchev–Trinajstić information content (AvgIpc) is 3.30. The first kappa shape index (κ1) is 17.6. The molecule has 132 valence electrons. The molecule has 2 amide bonds. The number of hydrogen-bond donors (Lipinski definition) is 2. The molecule has 0 aliphatic heterocycles. The van der Waals surface area contributed by atoms with Gasteiger partial charge in [-0.2, -0.15) is 0 Å². The summed E-state index contributed by atoms with van der Waals surface area (Å²) in [6.45, 7) is 2.18. The summed E-state index contributed by atoms with van der Waals surface area (Å²) in [5.41, 5.74) is 1.55. The predicted octanol–water partition coefficient (Wildman–Crippen LogP) is 3.63. The highest BCUT2D eigenvalue weighted by atomic mass is 32.1. The van der Waals surface area contributed by atoms with Crippen molar-refractivity contribution in [2.45, 2.75) is 13.5 Å². The van der Waals surface area contributed by atoms with Gasteiger partial charge in [0.1, 0.15) is 5.76 Å². The molecule has 3 aromatic rings. The van der Waals surface area contributed by atoms with Crippen LogP contribution in [0.25, 0.3) is 6.08 Å². The van der Waals surface area contributed by atoms with Gasteiger partial charge < -0.3 is 15.1 Å². The Balaban J connectivity index is 1.65. The number of anilines is 1. The van der Waals surface area contributed by atoms with Crippen molar-refractivity contribution >= 4 is 34.9 Å². The number of carbonyl (C=O) groups is 2. The fraction of sp³-hybridized carbons (Fsp3) is 0.105. The summed E-state index contributed by atoms with van der Waals surface area (Å²) >= 11 is 1.52. The Morgan fingerprint density at radius 3 is 2.81 bits per heavy atom. The molecule has 0 unspecified atom stereocenters. The van der Waals surface area contributed by atoms with Gasteiger partial charge in [-0.1, -0.05) is 12.1 Å². The Hall–Kier alpha value is -3.19. The summed E-state index contributed by atoms with van der Waals surface area (Å²) in [5, 5.41) is 8.30. The van der Waals surface area contributed by atoms with Crippen molar-refractivity contribution < 1.29 is 14.0 Å². The number of aryl methyl sites for hydroxylation is 1. The summed E-state index contributed by atoms with van der Waals surface area (Å²) in [6, 6.07) is 10.4. The molecule has 0 saturated heterocycles. The maximum atomic E-state index is 12.4. The van der Waals surface area contributed by atoms with Gasteiger partial charge in [-0.15, -0.1) is 11.3 Å². The van der Waals surface area contributed by atoms with E-state index in [0.717, 1.165) is 10.7 Å². The van der Waals surface area contributed by atoms with Crippen molar-refractivity contribution in [1.82, 2.24) is 10.3 Å². The number of nitrogens with one attached hydrogen (secondary N) is 2. The third kappa shape index (κ3) is 4.67. The molecular formula is C19H17N3O3S. The molecule has 0 spiro atoms. The van der Waals surface area contributed by atoms with E-state index in [0.29, 0.717) is 17.0 Å². The van der Waals surface area contributed by atoms with Crippen LogP contribution in [-0.2, 0) is 11.3 Å². The van der Waals surface area contributed by atoms with E-state index in [1.54, 1.807) is 48.7 Å². The number of nitrogens with zero attached hydrogens (tertiary/aromatic N) is 1. The fourth-order valence-corrected chi connectivity index (χ4v) is 2.84. The van der Waals surface area contributed by atoms with Crippen molar-refractivity contribution in [2.75, 3.05) is 5.32 Å². The number of rotatable bonds is 6. The van der Waals surface area contributed by atoms with Crippen LogP contribution in [0.1, 0.15) is 26.8 Å². The maximum Gasteiger partial charge on any atom is 0.253 e. The Morgan fingerprint density at radius 2 is 2.08 bits per heavy atom. The van der Waals surface area contributed by atoms with Gasteiger partial charge in [0.05, 0.1) is 34.8 Å². The van der Waals surface area contributed by atoms with Crippen LogP contribution < -0.4 is 10.6 Å². The van der Waals surface area contributed by atoms with E-state index in [-0.39, 0.29) is 18.4 Å². The predicted molar refractivity (Wildman–Crippen MR) is 101 cm³/mol. The van der Waals surface area contributed by atoms with Crippen molar-refractivity contribution in [1.29, 1.82) is 0 Å². The largest absolute Gasteiger partial charge is 0.467 e. The first-order chi connectivity index (χ1) is 12.6. The molecule has 3 rings (SSSR count). The highest BCUT2D eigenvalue weighted by Gasteiger charge is 2.12. The SMILES string of the molecule is Cc1nc(/C=C/C(=O)Nc2ccccc2C(=O)NCc2ccco2)cs1. The number of benzene rings is 1. The summed E-state index contributed by atoms with van der Waals surface area (Å²) in [5.74, 6) is 0.0275. The van der Waals surface area contributed by atoms with Crippen LogP contribution in [0, 0.1) is 6.92 Å². The maximum absolute atomic E-state index is 12.4. The van der Waals surface area contributed by atoms with Gasteiger partial charge in [-0.25, -0.2) is 4.98 Å². The van der Waals surface area contributed by atoms with Crippen LogP contribution in [0.15, 0.2) is 58.5 Å². The summed E-state index contributed by atoms with van der Waals surface area (Å²) in [7, 11) is 0. The molecule has 2 N–H and O–H groups in total. The quantitative estimate of drug-likeness (QED) is 0.652. The molecule has 1 aromatic carbocycles. The lowest BCUT2D eigenvalue weighted by atomic mass is 10.1. The van der Waals surface area contributed by atoms with Crippen molar-refractivity contribution in [3.63, 3.8) is 0 Å². The number of aromatic nitrogens is 1. The molecule has 2 aromatic heterocycles. The van der Waals surface area contributed by atoms with Crippen LogP contribution in [0.3, 0.4) is 0 Å². The molecule has 0 bridgehead atoms. The Morgan fingerprint density at radius 1 is 1.23 bits per heavy atom. The Labute approximate surface area is 154 Å². The van der Waals surface area contributed by atoms with Gasteiger partial charge in [-0.05, 0) is 37.3 Å². The zero-order chi connectivity index (χ0) is 18.4. The third-order valence-electron chi connectivity index (χ3n) is 3.48. The van der Waals surface area contributed by atoms with Crippen LogP contribution in [0.4, 0.5) is 5.69 Å². The van der Waals surface area contributed by atoms with Gasteiger partial charge in [-0.3, -0.25) is 9.59 Å². The van der Waals surface area contributed by atoms with E-state index < -0.39 is 0 Å². The number of furan rings is 1. The van der Waals surface area contributed by atoms with E-state index in [2.05, 4.69) is 15.6 Å². The standard InChI is InChI=1S/C19H17N3O3S/c1-13-21-14(12-26-13)8-9-18(23)22-17-7-3-2-6-16(17)19(24)20-11-15-5-4-10-25-15/h2-10,12H,11H2,1H3,(H,20,24)(H,22,23)/b9-8+. The lowest BCUT2D eigenvalue weighted by Gasteiger charge is -2.09. The highest BCUT2D eigenvalue weighted by Crippen LogP contribution is 2.16. The van der Waals surface area contributed by atoms with E-state index >= 15 is 0 Å². The molecule has 26 heavy (non-hydrogen) atoms. The monoisotopic (exact) mass is 367 g/mol. The van der Waals surface area contributed by atoms with Gasteiger partial charge >= 0.3 is 0 Å². The molecule has 0 aliphatic carbocycles. The van der Waals surface area contributed by atoms with Crippen molar-refractivity contribution in [3.8, 4) is 0 Å². The van der Waals surface area contributed by atoms with Crippen molar-refractivity contribution in [3.05, 3.63) is 76.1 Å². The molecule has 0 saturated carbocycles. The molecular weight excluding hydrogens is 350 g/mol. The number of para-hydroxylation sites is 1. The smallest absolute Gasteiger partial charge is 0.253 e. The van der Waals surface area contributed by atoms with Gasteiger partial charge in [0.25, 0.3) is 5.91 Å². The van der Waals surface area contributed by atoms with Crippen molar-refractivity contribution in [2.24, 2.45) is 0 Å². The molecule has 0 atom stereocenters. The van der Waals surface area contributed by atoms with Gasteiger partial charge in [0.2, 0.25) is 5.91 Å². The number of thiazole rings is 1. The molecule has 2 heterocycles. The summed E-state index contributed by atoms with van der Waals surface area (Å²) in [6.07, 6.45) is 4.58. The lowest BCUT2D eigenvalue weighted by molar-refractivity contribution is -0.111. The molecule has 0 fully saturated rings. The summed E-state index contributed by atoms with van der Waals surface area (Å²) in [4.78, 5) is 28.8. The normalized spacial score (nSPS) is 10.8. The average molecular weight is 367 g/mol. The van der Waals surface area contributed by atoms with Gasteiger partial charge in [0.15, 0.2) is 0 Å². The Kier molecular flexibility index (Phi) is 5.60. The van der Waals surface area contributed by atoms with Gasteiger partial charge in [0, 0.05) is 11.5 Å². The number of carbonyl (C=O) groups excluding carboxylic acids is 2. The summed E-state index contributed by atoms with van der Waals surface area (Å²) < 4.78 is 5.19. The number of amides is 2. The van der Waals surface area contributed by atoms with Crippen LogP contribution >= 0.6 is 11.3 Å². The second-order valence-corrected chi connectivity index (χ2v) is 6.48. The first-order valence-electron chi connectivity index (χ1n) is 7.92. The fourth-order valence-electron chi connectivity index (χ4n) is 2.26. The third-order valence-corrected chi connectivity index (χ3v) is 4.27. The highest BCUT2D eigenvalue weighted by molar-refractivity contribution is 7.09. The Bertz CT molecular complexity index is 929. The molecule has 0 radical (unpaired) electrons. The number of hydrogen-bond acceptors (Lipinski definition) is 5. The second-order valence-electron chi connectivity index (χ2n) is 5.42. The zero-order valence-electron chi connectivity index (χ0n) is 14.1. The second kappa shape index (κ2) is 8.26. The molecule has 6 nitrogen and oxygen atoms in total. The minimum Gasteiger partial charge on any atom is -0.467 e. The van der Waals surface area contributed by atoms with Crippen LogP contribution in [-0.4, -0.2) is 16.8 Å². The van der Waals surface area contributed by atoms with Crippen LogP contribution in [0.5, 0.6) is 0 Å².